The number of amides is 2. The van der Waals surface area contributed by atoms with Crippen LogP contribution in [0.1, 0.15) is 31.8 Å². The van der Waals surface area contributed by atoms with E-state index in [4.69, 9.17) is 0 Å². The van der Waals surface area contributed by atoms with Gasteiger partial charge in [0.25, 0.3) is 11.8 Å². The van der Waals surface area contributed by atoms with E-state index in [0.29, 0.717) is 11.3 Å². The summed E-state index contributed by atoms with van der Waals surface area (Å²) < 4.78 is 65.8. The molecule has 0 aliphatic heterocycles. The zero-order chi connectivity index (χ0) is 23.6. The van der Waals surface area contributed by atoms with Gasteiger partial charge in [-0.1, -0.05) is 0 Å². The lowest BCUT2D eigenvalue weighted by atomic mass is 10.1. The molecule has 0 heterocycles. The molecule has 0 aliphatic carbocycles. The van der Waals surface area contributed by atoms with Gasteiger partial charge in [0.15, 0.2) is 0 Å². The van der Waals surface area contributed by atoms with Gasteiger partial charge < -0.3 is 10.6 Å². The molecular formula is C22H14BrF5N2O2. The Labute approximate surface area is 187 Å². The summed E-state index contributed by atoms with van der Waals surface area (Å²) >= 11 is 3.08. The molecular weight excluding hydrogens is 499 g/mol. The van der Waals surface area contributed by atoms with Crippen LogP contribution in [0, 0.1) is 18.6 Å². The molecule has 3 rings (SSSR count). The fourth-order valence-electron chi connectivity index (χ4n) is 2.74. The van der Waals surface area contributed by atoms with E-state index in [1.807, 2.05) is 0 Å². The van der Waals surface area contributed by atoms with Gasteiger partial charge in [-0.05, 0) is 83.0 Å². The van der Waals surface area contributed by atoms with Gasteiger partial charge in [0, 0.05) is 15.7 Å². The minimum Gasteiger partial charge on any atom is -0.322 e. The van der Waals surface area contributed by atoms with E-state index in [-0.39, 0.29) is 21.3 Å². The second-order valence-corrected chi connectivity index (χ2v) is 7.61. The molecule has 0 atom stereocenters. The number of anilines is 2. The maximum absolute atomic E-state index is 14.3. The second kappa shape index (κ2) is 9.07. The highest BCUT2D eigenvalue weighted by atomic mass is 79.9. The Morgan fingerprint density at radius 1 is 0.844 bits per heavy atom. The van der Waals surface area contributed by atoms with Crippen LogP contribution in [0.15, 0.2) is 59.1 Å². The van der Waals surface area contributed by atoms with E-state index in [9.17, 15) is 31.5 Å². The molecule has 3 aromatic rings. The standard InChI is InChI=1S/C22H14BrF5N2O2/c1-11-8-14(6-7-17(11)24)29-21(32)15-9-19(18(25)10-16(15)23)30-20(31)12-2-4-13(5-3-12)22(26,27)28/h2-10H,1H3,(H,29,32)(H,30,31). The van der Waals surface area contributed by atoms with E-state index < -0.39 is 35.2 Å². The lowest BCUT2D eigenvalue weighted by Gasteiger charge is -2.12. The number of halogens is 6. The number of carbonyl (C=O) groups is 2. The third-order valence-corrected chi connectivity index (χ3v) is 5.10. The van der Waals surface area contributed by atoms with Crippen LogP contribution in [0.4, 0.5) is 33.3 Å². The van der Waals surface area contributed by atoms with Crippen molar-refractivity contribution in [3.05, 3.63) is 93.0 Å². The highest BCUT2D eigenvalue weighted by molar-refractivity contribution is 9.10. The maximum Gasteiger partial charge on any atom is 0.416 e. The first-order chi connectivity index (χ1) is 15.0. The van der Waals surface area contributed by atoms with Gasteiger partial charge in [-0.2, -0.15) is 13.2 Å². The summed E-state index contributed by atoms with van der Waals surface area (Å²) in [5.74, 6) is -2.83. The monoisotopic (exact) mass is 512 g/mol. The highest BCUT2D eigenvalue weighted by Gasteiger charge is 2.30. The third kappa shape index (κ3) is 5.31. The van der Waals surface area contributed by atoms with E-state index >= 15 is 0 Å². The van der Waals surface area contributed by atoms with Crippen LogP contribution < -0.4 is 10.6 Å². The van der Waals surface area contributed by atoms with Crippen LogP contribution >= 0.6 is 15.9 Å². The molecule has 32 heavy (non-hydrogen) atoms. The van der Waals surface area contributed by atoms with Gasteiger partial charge in [-0.15, -0.1) is 0 Å². The summed E-state index contributed by atoms with van der Waals surface area (Å²) in [6.07, 6.45) is -4.56. The van der Waals surface area contributed by atoms with Crippen LogP contribution in [-0.2, 0) is 6.18 Å². The Morgan fingerprint density at radius 2 is 1.50 bits per heavy atom. The predicted molar refractivity (Wildman–Crippen MR) is 113 cm³/mol. The average molecular weight is 513 g/mol. The minimum atomic E-state index is -4.56. The summed E-state index contributed by atoms with van der Waals surface area (Å²) in [5, 5.41) is 4.78. The molecule has 10 heteroatoms. The minimum absolute atomic E-state index is 0.0314. The van der Waals surface area contributed by atoms with E-state index in [1.54, 1.807) is 0 Å². The number of benzene rings is 3. The fourth-order valence-corrected chi connectivity index (χ4v) is 3.24. The zero-order valence-corrected chi connectivity index (χ0v) is 17.9. The van der Waals surface area contributed by atoms with E-state index in [2.05, 4.69) is 26.6 Å². The molecule has 166 valence electrons. The van der Waals surface area contributed by atoms with Crippen molar-refractivity contribution in [2.75, 3.05) is 10.6 Å². The Balaban J connectivity index is 1.82. The molecule has 0 aromatic heterocycles. The van der Waals surface area contributed by atoms with E-state index in [0.717, 1.165) is 36.4 Å². The topological polar surface area (TPSA) is 58.2 Å². The number of nitrogens with one attached hydrogen (secondary N) is 2. The number of rotatable bonds is 4. The fraction of sp³-hybridized carbons (Fsp3) is 0.0909. The van der Waals surface area contributed by atoms with Crippen LogP contribution in [0.3, 0.4) is 0 Å². The van der Waals surface area contributed by atoms with Crippen LogP contribution in [0.2, 0.25) is 0 Å². The zero-order valence-electron chi connectivity index (χ0n) is 16.3. The molecule has 2 amide bonds. The van der Waals surface area contributed by atoms with Crippen molar-refractivity contribution >= 4 is 39.1 Å². The number of hydrogen-bond donors (Lipinski definition) is 2. The SMILES string of the molecule is Cc1cc(NC(=O)c2cc(NC(=O)c3ccc(C(F)(F)F)cc3)c(F)cc2Br)ccc1F. The third-order valence-electron chi connectivity index (χ3n) is 4.44. The predicted octanol–water partition coefficient (Wildman–Crippen LogP) is 6.56. The summed E-state index contributed by atoms with van der Waals surface area (Å²) in [6.45, 7) is 1.52. The van der Waals surface area contributed by atoms with E-state index in [1.165, 1.54) is 25.1 Å². The van der Waals surface area contributed by atoms with Crippen molar-refractivity contribution in [2.45, 2.75) is 13.1 Å². The van der Waals surface area contributed by atoms with Crippen molar-refractivity contribution < 1.29 is 31.5 Å². The first-order valence-electron chi connectivity index (χ1n) is 9.01. The smallest absolute Gasteiger partial charge is 0.322 e. The first-order valence-corrected chi connectivity index (χ1v) is 9.80. The normalized spacial score (nSPS) is 11.2. The van der Waals surface area contributed by atoms with Gasteiger partial charge >= 0.3 is 6.18 Å². The van der Waals surface area contributed by atoms with Gasteiger partial charge in [-0.25, -0.2) is 8.78 Å². The summed E-state index contributed by atoms with van der Waals surface area (Å²) in [5.41, 5.74) is -0.826. The van der Waals surface area contributed by atoms with Crippen molar-refractivity contribution in [1.29, 1.82) is 0 Å². The molecule has 4 nitrogen and oxygen atoms in total. The molecule has 0 fully saturated rings. The largest absolute Gasteiger partial charge is 0.416 e. The Morgan fingerprint density at radius 3 is 2.09 bits per heavy atom. The Hall–Kier alpha value is -3.27. The molecule has 2 N–H and O–H groups in total. The lowest BCUT2D eigenvalue weighted by molar-refractivity contribution is -0.137. The lowest BCUT2D eigenvalue weighted by Crippen LogP contribution is -2.17. The first kappa shape index (κ1) is 23.4. The van der Waals surface area contributed by atoms with Crippen molar-refractivity contribution in [3.8, 4) is 0 Å². The second-order valence-electron chi connectivity index (χ2n) is 6.76. The summed E-state index contributed by atoms with van der Waals surface area (Å²) in [7, 11) is 0. The highest BCUT2D eigenvalue weighted by Crippen LogP contribution is 2.30. The van der Waals surface area contributed by atoms with Gasteiger partial charge in [0.1, 0.15) is 11.6 Å². The van der Waals surface area contributed by atoms with Crippen molar-refractivity contribution in [2.24, 2.45) is 0 Å². The van der Waals surface area contributed by atoms with Crippen molar-refractivity contribution in [3.63, 3.8) is 0 Å². The maximum atomic E-state index is 14.3. The molecule has 0 aliphatic rings. The summed E-state index contributed by atoms with van der Waals surface area (Å²) in [6, 6.07) is 9.37. The van der Waals surface area contributed by atoms with Gasteiger partial charge in [0.2, 0.25) is 0 Å². The number of carbonyl (C=O) groups excluding carboxylic acids is 2. The molecule has 0 spiro atoms. The molecule has 0 bridgehead atoms. The van der Waals surface area contributed by atoms with Crippen LogP contribution in [0.25, 0.3) is 0 Å². The van der Waals surface area contributed by atoms with Crippen LogP contribution in [0.5, 0.6) is 0 Å². The quantitative estimate of drug-likeness (QED) is 0.389. The number of alkyl halides is 3. The molecule has 0 saturated carbocycles. The molecule has 0 radical (unpaired) electrons. The van der Waals surface area contributed by atoms with Gasteiger partial charge in [-0.3, -0.25) is 9.59 Å². The average Bonchev–Trinajstić information content (AvgIpc) is 2.72. The Kier molecular flexibility index (Phi) is 6.63. The number of hydrogen-bond acceptors (Lipinski definition) is 2. The van der Waals surface area contributed by atoms with Crippen molar-refractivity contribution in [1.82, 2.24) is 0 Å². The summed E-state index contributed by atoms with van der Waals surface area (Å²) in [4.78, 5) is 25.0. The molecule has 0 saturated heterocycles. The molecule has 3 aromatic carbocycles. The van der Waals surface area contributed by atoms with Crippen LogP contribution in [-0.4, -0.2) is 11.8 Å². The Bertz CT molecular complexity index is 1190. The molecule has 0 unspecified atom stereocenters. The van der Waals surface area contributed by atoms with Gasteiger partial charge in [0.05, 0.1) is 16.8 Å². The number of aryl methyl sites for hydroxylation is 1.